The van der Waals surface area contributed by atoms with Crippen molar-refractivity contribution >= 4 is 56.6 Å². The maximum atomic E-state index is 12.1. The number of aromatic nitrogens is 3. The van der Waals surface area contributed by atoms with Gasteiger partial charge in [-0.1, -0.05) is 52.9 Å². The van der Waals surface area contributed by atoms with E-state index in [0.717, 1.165) is 20.1 Å². The average molecular weight is 429 g/mol. The van der Waals surface area contributed by atoms with Crippen molar-refractivity contribution < 1.29 is 9.53 Å². The molecule has 1 N–H and O–H groups in total. The van der Waals surface area contributed by atoms with Gasteiger partial charge in [-0.15, -0.1) is 10.2 Å². The summed E-state index contributed by atoms with van der Waals surface area (Å²) in [6.07, 6.45) is 1.77. The van der Waals surface area contributed by atoms with E-state index in [-0.39, 0.29) is 12.5 Å². The number of para-hydroxylation sites is 1. The summed E-state index contributed by atoms with van der Waals surface area (Å²) in [4.78, 5) is 17.4. The molecule has 0 aliphatic rings. The van der Waals surface area contributed by atoms with E-state index in [1.54, 1.807) is 30.5 Å². The first-order chi connectivity index (χ1) is 13.7. The van der Waals surface area contributed by atoms with Crippen LogP contribution in [0.5, 0.6) is 5.75 Å². The van der Waals surface area contributed by atoms with Gasteiger partial charge in [0.1, 0.15) is 5.75 Å². The lowest BCUT2D eigenvalue weighted by Gasteiger charge is -2.05. The second-order valence-electron chi connectivity index (χ2n) is 5.59. The highest BCUT2D eigenvalue weighted by Crippen LogP contribution is 2.35. The molecular formula is C19H13ClN4O2S2. The van der Waals surface area contributed by atoms with Gasteiger partial charge < -0.3 is 4.74 Å². The van der Waals surface area contributed by atoms with Crippen molar-refractivity contribution in [1.29, 1.82) is 0 Å². The molecule has 0 radical (unpaired) electrons. The summed E-state index contributed by atoms with van der Waals surface area (Å²) in [5.74, 6) is 0.259. The van der Waals surface area contributed by atoms with Gasteiger partial charge in [0.15, 0.2) is 10.9 Å². The van der Waals surface area contributed by atoms with E-state index in [1.807, 2.05) is 30.3 Å². The third-order valence-corrected chi connectivity index (χ3v) is 5.86. The number of benzene rings is 2. The van der Waals surface area contributed by atoms with Gasteiger partial charge in [-0.25, -0.2) is 0 Å². The van der Waals surface area contributed by atoms with Crippen LogP contribution in [0.4, 0.5) is 5.13 Å². The number of hydrogen-bond acceptors (Lipinski definition) is 7. The highest BCUT2D eigenvalue weighted by molar-refractivity contribution is 8.01. The lowest BCUT2D eigenvalue weighted by atomic mass is 10.2. The minimum atomic E-state index is -0.308. The number of carbonyl (C=O) groups is 1. The van der Waals surface area contributed by atoms with Crippen molar-refractivity contribution in [2.24, 2.45) is 0 Å². The van der Waals surface area contributed by atoms with E-state index in [1.165, 1.54) is 23.1 Å². The Kier molecular flexibility index (Phi) is 5.70. The van der Waals surface area contributed by atoms with Crippen LogP contribution in [0, 0.1) is 0 Å². The summed E-state index contributed by atoms with van der Waals surface area (Å²) in [6, 6.07) is 16.6. The normalized spacial score (nSPS) is 10.8. The Labute approximate surface area is 173 Å². The number of fused-ring (bicyclic) bond motifs is 1. The van der Waals surface area contributed by atoms with Crippen LogP contribution in [0.25, 0.3) is 10.9 Å². The van der Waals surface area contributed by atoms with Crippen LogP contribution in [0.15, 0.2) is 70.0 Å². The van der Waals surface area contributed by atoms with Crippen LogP contribution >= 0.6 is 34.7 Å². The highest BCUT2D eigenvalue weighted by atomic mass is 35.5. The average Bonchev–Trinajstić information content (AvgIpc) is 3.14. The summed E-state index contributed by atoms with van der Waals surface area (Å²) < 4.78 is 6.15. The Morgan fingerprint density at radius 3 is 2.79 bits per heavy atom. The maximum absolute atomic E-state index is 12.1. The Bertz CT molecular complexity index is 1110. The molecule has 2 aromatic heterocycles. The van der Waals surface area contributed by atoms with Crippen LogP contribution in [0.2, 0.25) is 5.02 Å². The fraction of sp³-hybridized carbons (Fsp3) is 0.0526. The zero-order chi connectivity index (χ0) is 19.3. The molecule has 0 bridgehead atoms. The van der Waals surface area contributed by atoms with Gasteiger partial charge >= 0.3 is 0 Å². The molecule has 0 aliphatic heterocycles. The molecule has 0 saturated heterocycles. The zero-order valence-electron chi connectivity index (χ0n) is 14.3. The molecule has 140 valence electrons. The summed E-state index contributed by atoms with van der Waals surface area (Å²) in [6.45, 7) is -0.126. The Morgan fingerprint density at radius 1 is 1.11 bits per heavy atom. The molecule has 28 heavy (non-hydrogen) atoms. The number of hydrogen-bond donors (Lipinski definition) is 1. The SMILES string of the molecule is O=C(COc1ccc(Cl)cc1)Nc1nnc(Sc2ccnc3ccccc23)s1. The molecule has 2 heterocycles. The van der Waals surface area contributed by atoms with Crippen molar-refractivity contribution in [3.8, 4) is 5.75 Å². The van der Waals surface area contributed by atoms with Crippen LogP contribution in [-0.4, -0.2) is 27.7 Å². The van der Waals surface area contributed by atoms with Crippen molar-refractivity contribution in [2.45, 2.75) is 9.24 Å². The topological polar surface area (TPSA) is 77.0 Å². The predicted molar refractivity (Wildman–Crippen MR) is 111 cm³/mol. The van der Waals surface area contributed by atoms with Gasteiger partial charge in [-0.05, 0) is 36.4 Å². The Morgan fingerprint density at radius 2 is 1.93 bits per heavy atom. The van der Waals surface area contributed by atoms with Crippen molar-refractivity contribution in [3.05, 3.63) is 65.8 Å². The smallest absolute Gasteiger partial charge is 0.264 e. The summed E-state index contributed by atoms with van der Waals surface area (Å²) in [5, 5.41) is 12.9. The lowest BCUT2D eigenvalue weighted by molar-refractivity contribution is -0.118. The van der Waals surface area contributed by atoms with Gasteiger partial charge in [0, 0.05) is 21.5 Å². The molecule has 0 aliphatic carbocycles. The molecule has 0 spiro atoms. The third-order valence-electron chi connectivity index (χ3n) is 3.64. The number of amides is 1. The monoisotopic (exact) mass is 428 g/mol. The molecule has 9 heteroatoms. The molecule has 4 rings (SSSR count). The zero-order valence-corrected chi connectivity index (χ0v) is 16.7. The molecule has 0 atom stereocenters. The highest BCUT2D eigenvalue weighted by Gasteiger charge is 2.11. The minimum absolute atomic E-state index is 0.126. The first-order valence-corrected chi connectivity index (χ1v) is 10.2. The second kappa shape index (κ2) is 8.55. The summed E-state index contributed by atoms with van der Waals surface area (Å²) in [5.41, 5.74) is 0.921. The van der Waals surface area contributed by atoms with Gasteiger partial charge in [-0.3, -0.25) is 15.1 Å². The van der Waals surface area contributed by atoms with Crippen LogP contribution < -0.4 is 10.1 Å². The fourth-order valence-corrected chi connectivity index (χ4v) is 4.36. The van der Waals surface area contributed by atoms with Crippen molar-refractivity contribution in [2.75, 3.05) is 11.9 Å². The standard InChI is InChI=1S/C19H13ClN4O2S2/c20-12-5-7-13(8-6-12)26-11-17(25)22-18-23-24-19(28-18)27-16-9-10-21-15-4-2-1-3-14(15)16/h1-10H,11H2,(H,22,23,25). The number of ether oxygens (including phenoxy) is 1. The molecule has 4 aromatic rings. The van der Waals surface area contributed by atoms with Gasteiger partial charge in [0.2, 0.25) is 5.13 Å². The quantitative estimate of drug-likeness (QED) is 0.440. The molecule has 0 saturated carbocycles. The number of pyridine rings is 1. The molecule has 1 amide bonds. The van der Waals surface area contributed by atoms with E-state index in [9.17, 15) is 4.79 Å². The van der Waals surface area contributed by atoms with E-state index >= 15 is 0 Å². The van der Waals surface area contributed by atoms with Crippen LogP contribution in [0.3, 0.4) is 0 Å². The third kappa shape index (κ3) is 4.59. The van der Waals surface area contributed by atoms with Gasteiger partial charge in [-0.2, -0.15) is 0 Å². The number of nitrogens with zero attached hydrogens (tertiary/aromatic N) is 3. The first kappa shape index (κ1) is 18.7. The fourth-order valence-electron chi connectivity index (χ4n) is 2.39. The van der Waals surface area contributed by atoms with E-state index < -0.39 is 0 Å². The number of rotatable bonds is 6. The van der Waals surface area contributed by atoms with Crippen LogP contribution in [0.1, 0.15) is 0 Å². The molecule has 2 aromatic carbocycles. The second-order valence-corrected chi connectivity index (χ2v) is 8.30. The molecular weight excluding hydrogens is 416 g/mol. The minimum Gasteiger partial charge on any atom is -0.484 e. The van der Waals surface area contributed by atoms with E-state index in [0.29, 0.717) is 15.9 Å². The summed E-state index contributed by atoms with van der Waals surface area (Å²) >= 11 is 8.61. The Hall–Kier alpha value is -2.68. The summed E-state index contributed by atoms with van der Waals surface area (Å²) in [7, 11) is 0. The van der Waals surface area contributed by atoms with Crippen molar-refractivity contribution in [3.63, 3.8) is 0 Å². The van der Waals surface area contributed by atoms with Gasteiger partial charge in [0.05, 0.1) is 5.52 Å². The Balaban J connectivity index is 1.37. The van der Waals surface area contributed by atoms with Crippen LogP contribution in [-0.2, 0) is 4.79 Å². The first-order valence-electron chi connectivity index (χ1n) is 8.21. The lowest BCUT2D eigenvalue weighted by Crippen LogP contribution is -2.20. The van der Waals surface area contributed by atoms with E-state index in [2.05, 4.69) is 20.5 Å². The number of halogens is 1. The maximum Gasteiger partial charge on any atom is 0.264 e. The van der Waals surface area contributed by atoms with Gasteiger partial charge in [0.25, 0.3) is 5.91 Å². The van der Waals surface area contributed by atoms with Crippen molar-refractivity contribution in [1.82, 2.24) is 15.2 Å². The van der Waals surface area contributed by atoms with E-state index in [4.69, 9.17) is 16.3 Å². The molecule has 6 nitrogen and oxygen atoms in total. The molecule has 0 unspecified atom stereocenters. The largest absolute Gasteiger partial charge is 0.484 e. The molecule has 0 fully saturated rings. The number of carbonyl (C=O) groups excluding carboxylic acids is 1. The predicted octanol–water partition coefficient (Wildman–Crippen LogP) is 4.91. The number of nitrogens with one attached hydrogen (secondary N) is 1. The number of anilines is 1.